The number of esters is 1. The van der Waals surface area contributed by atoms with E-state index in [1.54, 1.807) is 34.2 Å². The fraction of sp³-hybridized carbons (Fsp3) is 0.267. The summed E-state index contributed by atoms with van der Waals surface area (Å²) in [5.41, 5.74) is 7.15. The number of amides is 1. The van der Waals surface area contributed by atoms with Crippen LogP contribution >= 0.6 is 11.3 Å². The van der Waals surface area contributed by atoms with Crippen molar-refractivity contribution in [3.63, 3.8) is 0 Å². The standard InChI is InChI=1S/C15H16N2O4S/c1-10-9-22-15(20)17(10)7-6-13(18)21-8-11-2-4-12(5-3-11)14(16)19/h2-5,9H,6-8H2,1H3,(H2,16,19). The Bertz CT molecular complexity index is 731. The molecule has 1 aromatic carbocycles. The van der Waals surface area contributed by atoms with Gasteiger partial charge < -0.3 is 15.0 Å². The van der Waals surface area contributed by atoms with Crippen molar-refractivity contribution in [1.82, 2.24) is 4.57 Å². The largest absolute Gasteiger partial charge is 0.461 e. The van der Waals surface area contributed by atoms with Gasteiger partial charge in [0.15, 0.2) is 0 Å². The number of carbonyl (C=O) groups excluding carboxylic acids is 2. The number of benzene rings is 1. The molecule has 1 aromatic heterocycles. The number of carbonyl (C=O) groups is 2. The Morgan fingerprint density at radius 2 is 1.95 bits per heavy atom. The zero-order chi connectivity index (χ0) is 16.1. The Labute approximate surface area is 131 Å². The molecule has 0 aliphatic carbocycles. The molecule has 0 fully saturated rings. The molecule has 0 aliphatic rings. The van der Waals surface area contributed by atoms with E-state index in [-0.39, 0.29) is 23.9 Å². The normalized spacial score (nSPS) is 10.4. The highest BCUT2D eigenvalue weighted by Gasteiger charge is 2.08. The van der Waals surface area contributed by atoms with Gasteiger partial charge in [0.25, 0.3) is 0 Å². The summed E-state index contributed by atoms with van der Waals surface area (Å²) in [6.07, 6.45) is 0.136. The number of primary amides is 1. The van der Waals surface area contributed by atoms with Crippen LogP contribution < -0.4 is 10.6 Å². The van der Waals surface area contributed by atoms with Crippen molar-refractivity contribution >= 4 is 23.2 Å². The van der Waals surface area contributed by atoms with E-state index in [0.717, 1.165) is 22.6 Å². The molecule has 0 bridgehead atoms. The van der Waals surface area contributed by atoms with Gasteiger partial charge in [-0.1, -0.05) is 23.5 Å². The maximum Gasteiger partial charge on any atom is 0.307 e. The zero-order valence-corrected chi connectivity index (χ0v) is 12.9. The topological polar surface area (TPSA) is 91.4 Å². The first kappa shape index (κ1) is 16.0. The van der Waals surface area contributed by atoms with Crippen molar-refractivity contribution < 1.29 is 14.3 Å². The minimum Gasteiger partial charge on any atom is -0.461 e. The molecule has 7 heteroatoms. The van der Waals surface area contributed by atoms with Crippen molar-refractivity contribution in [3.05, 3.63) is 56.1 Å². The summed E-state index contributed by atoms with van der Waals surface area (Å²) in [5.74, 6) is -0.878. The molecule has 22 heavy (non-hydrogen) atoms. The van der Waals surface area contributed by atoms with Crippen LogP contribution in [0.1, 0.15) is 28.0 Å². The van der Waals surface area contributed by atoms with Gasteiger partial charge in [-0.3, -0.25) is 14.4 Å². The maximum absolute atomic E-state index is 11.7. The average Bonchev–Trinajstić information content (AvgIpc) is 2.82. The highest BCUT2D eigenvalue weighted by atomic mass is 32.1. The molecule has 0 saturated carbocycles. The first-order valence-electron chi connectivity index (χ1n) is 6.66. The van der Waals surface area contributed by atoms with Gasteiger partial charge in [0.2, 0.25) is 5.91 Å². The smallest absolute Gasteiger partial charge is 0.307 e. The number of aromatic nitrogens is 1. The molecule has 2 N–H and O–H groups in total. The SMILES string of the molecule is Cc1csc(=O)n1CCC(=O)OCc1ccc(C(N)=O)cc1. The molecule has 0 radical (unpaired) electrons. The molecule has 1 heterocycles. The van der Waals surface area contributed by atoms with Crippen LogP contribution in [0.3, 0.4) is 0 Å². The van der Waals surface area contributed by atoms with Gasteiger partial charge in [-0.2, -0.15) is 0 Å². The van der Waals surface area contributed by atoms with E-state index in [2.05, 4.69) is 0 Å². The third kappa shape index (κ3) is 4.05. The van der Waals surface area contributed by atoms with E-state index >= 15 is 0 Å². The quantitative estimate of drug-likeness (QED) is 0.816. The molecule has 116 valence electrons. The van der Waals surface area contributed by atoms with Crippen molar-refractivity contribution in [2.24, 2.45) is 5.73 Å². The lowest BCUT2D eigenvalue weighted by Crippen LogP contribution is -2.17. The van der Waals surface area contributed by atoms with E-state index in [0.29, 0.717) is 12.1 Å². The number of aryl methyl sites for hydroxylation is 1. The molecular weight excluding hydrogens is 304 g/mol. The van der Waals surface area contributed by atoms with Crippen LogP contribution in [0.4, 0.5) is 0 Å². The van der Waals surface area contributed by atoms with Crippen LogP contribution in [0.15, 0.2) is 34.4 Å². The second-order valence-electron chi connectivity index (χ2n) is 4.77. The van der Waals surface area contributed by atoms with Gasteiger partial charge in [0, 0.05) is 23.2 Å². The predicted octanol–water partition coefficient (Wildman–Crippen LogP) is 1.45. The van der Waals surface area contributed by atoms with Crippen LogP contribution in [0.25, 0.3) is 0 Å². The monoisotopic (exact) mass is 320 g/mol. The second kappa shape index (κ2) is 7.04. The van der Waals surface area contributed by atoms with Crippen molar-refractivity contribution in [1.29, 1.82) is 0 Å². The van der Waals surface area contributed by atoms with Gasteiger partial charge in [0.1, 0.15) is 6.61 Å². The zero-order valence-electron chi connectivity index (χ0n) is 12.1. The highest BCUT2D eigenvalue weighted by Crippen LogP contribution is 2.07. The van der Waals surface area contributed by atoms with Gasteiger partial charge >= 0.3 is 10.8 Å². The molecule has 2 rings (SSSR count). The van der Waals surface area contributed by atoms with E-state index < -0.39 is 5.91 Å². The Morgan fingerprint density at radius 1 is 1.27 bits per heavy atom. The first-order chi connectivity index (χ1) is 10.5. The van der Waals surface area contributed by atoms with Gasteiger partial charge in [-0.15, -0.1) is 0 Å². The number of thiazole rings is 1. The molecule has 0 spiro atoms. The number of rotatable bonds is 6. The van der Waals surface area contributed by atoms with E-state index in [9.17, 15) is 14.4 Å². The van der Waals surface area contributed by atoms with Crippen LogP contribution in [0.2, 0.25) is 0 Å². The molecule has 0 atom stereocenters. The Kier molecular flexibility index (Phi) is 5.11. The molecule has 0 unspecified atom stereocenters. The van der Waals surface area contributed by atoms with Crippen molar-refractivity contribution in [2.75, 3.05) is 0 Å². The lowest BCUT2D eigenvalue weighted by atomic mass is 10.1. The third-order valence-corrected chi connectivity index (χ3v) is 4.04. The number of hydrogen-bond donors (Lipinski definition) is 1. The van der Waals surface area contributed by atoms with Crippen LogP contribution in [-0.2, 0) is 22.7 Å². The third-order valence-electron chi connectivity index (χ3n) is 3.15. The molecule has 0 saturated heterocycles. The van der Waals surface area contributed by atoms with Crippen LogP contribution in [0.5, 0.6) is 0 Å². The predicted molar refractivity (Wildman–Crippen MR) is 82.7 cm³/mol. The van der Waals surface area contributed by atoms with Gasteiger partial charge in [-0.05, 0) is 24.6 Å². The van der Waals surface area contributed by atoms with Crippen LogP contribution in [-0.4, -0.2) is 16.4 Å². The summed E-state index contributed by atoms with van der Waals surface area (Å²) in [6.45, 7) is 2.26. The van der Waals surface area contributed by atoms with E-state index in [4.69, 9.17) is 10.5 Å². The number of nitrogens with zero attached hydrogens (tertiary/aromatic N) is 1. The maximum atomic E-state index is 11.7. The summed E-state index contributed by atoms with van der Waals surface area (Å²) in [6, 6.07) is 6.53. The van der Waals surface area contributed by atoms with E-state index in [1.807, 2.05) is 6.92 Å². The minimum absolute atomic E-state index is 0.0765. The summed E-state index contributed by atoms with van der Waals surface area (Å²) in [4.78, 5) is 34.1. The molecular formula is C15H16N2O4S. The lowest BCUT2D eigenvalue weighted by Gasteiger charge is -2.06. The molecule has 0 aliphatic heterocycles. The van der Waals surface area contributed by atoms with Crippen molar-refractivity contribution in [2.45, 2.75) is 26.5 Å². The van der Waals surface area contributed by atoms with Crippen molar-refractivity contribution in [3.8, 4) is 0 Å². The first-order valence-corrected chi connectivity index (χ1v) is 7.54. The van der Waals surface area contributed by atoms with E-state index in [1.165, 1.54) is 0 Å². The second-order valence-corrected chi connectivity index (χ2v) is 5.59. The Morgan fingerprint density at radius 3 is 2.50 bits per heavy atom. The summed E-state index contributed by atoms with van der Waals surface area (Å²) < 4.78 is 6.69. The van der Waals surface area contributed by atoms with Crippen LogP contribution in [0, 0.1) is 6.92 Å². The Balaban J connectivity index is 1.83. The fourth-order valence-corrected chi connectivity index (χ4v) is 2.64. The Hall–Kier alpha value is -2.41. The van der Waals surface area contributed by atoms with Gasteiger partial charge in [-0.25, -0.2) is 0 Å². The summed E-state index contributed by atoms with van der Waals surface area (Å²) in [5, 5.41) is 1.76. The molecule has 6 nitrogen and oxygen atoms in total. The number of nitrogens with two attached hydrogens (primary N) is 1. The minimum atomic E-state index is -0.500. The fourth-order valence-electron chi connectivity index (χ4n) is 1.88. The average molecular weight is 320 g/mol. The molecule has 2 aromatic rings. The highest BCUT2D eigenvalue weighted by molar-refractivity contribution is 7.07. The number of hydrogen-bond acceptors (Lipinski definition) is 5. The summed E-state index contributed by atoms with van der Waals surface area (Å²) in [7, 11) is 0. The lowest BCUT2D eigenvalue weighted by molar-refractivity contribution is -0.145. The number of ether oxygens (including phenoxy) is 1. The van der Waals surface area contributed by atoms with Gasteiger partial charge in [0.05, 0.1) is 6.42 Å². The molecule has 1 amide bonds. The summed E-state index contributed by atoms with van der Waals surface area (Å²) >= 11 is 1.11.